The van der Waals surface area contributed by atoms with E-state index in [1.165, 1.54) is 0 Å². The Bertz CT molecular complexity index is 4620. The fourth-order valence-electron chi connectivity index (χ4n) is 13.9. The van der Waals surface area contributed by atoms with Gasteiger partial charge in [0.1, 0.15) is 53.9 Å². The second-order valence-corrected chi connectivity index (χ2v) is 23.6. The Hall–Kier alpha value is -10.2. The van der Waals surface area contributed by atoms with E-state index in [2.05, 4.69) is 0 Å². The Labute approximate surface area is 497 Å². The predicted molar refractivity (Wildman–Crippen MR) is 346 cm³/mol. The van der Waals surface area contributed by atoms with Crippen molar-refractivity contribution < 1.29 is 46.0 Å². The van der Waals surface area contributed by atoms with Crippen LogP contribution in [0.1, 0.15) is 103 Å². The fourth-order valence-corrected chi connectivity index (χ4v) is 13.9. The largest absolute Gasteiger partial charge is 0.508 e. The summed E-state index contributed by atoms with van der Waals surface area (Å²) >= 11 is 0. The van der Waals surface area contributed by atoms with Gasteiger partial charge >= 0.3 is 0 Å². The molecule has 9 nitrogen and oxygen atoms in total. The maximum atomic E-state index is 12.8. The van der Waals surface area contributed by atoms with Gasteiger partial charge in [0.15, 0.2) is 0 Å². The highest BCUT2D eigenvalue weighted by Gasteiger charge is 2.26. The first kappa shape index (κ1) is 52.4. The van der Waals surface area contributed by atoms with Gasteiger partial charge in [0.05, 0.1) is 0 Å². The van der Waals surface area contributed by atoms with E-state index in [9.17, 15) is 46.0 Å². The summed E-state index contributed by atoms with van der Waals surface area (Å²) in [5.41, 5.74) is 7.49. The minimum Gasteiger partial charge on any atom is -0.508 e. The van der Waals surface area contributed by atoms with Gasteiger partial charge in [0, 0.05) is 0 Å². The number of benzene rings is 16. The van der Waals surface area contributed by atoms with Crippen molar-refractivity contribution in [3.05, 3.63) is 303 Å². The lowest BCUT2D eigenvalue weighted by atomic mass is 9.86. The molecule has 0 saturated heterocycles. The molecule has 0 heterocycles. The first-order valence-electron chi connectivity index (χ1n) is 29.0. The van der Waals surface area contributed by atoms with Crippen molar-refractivity contribution in [2.45, 2.75) is 36.6 Å². The van der Waals surface area contributed by atoms with Crippen molar-refractivity contribution in [3.8, 4) is 17.2 Å². The molecular weight excluding hydrogens is 1080 g/mol. The molecule has 87 heavy (non-hydrogen) atoms. The smallest absolute Gasteiger partial charge is 0.115 e. The molecule has 0 fully saturated rings. The summed E-state index contributed by atoms with van der Waals surface area (Å²) < 4.78 is 0. The van der Waals surface area contributed by atoms with Gasteiger partial charge in [0.2, 0.25) is 0 Å². The molecule has 0 aliphatic carbocycles. The van der Waals surface area contributed by atoms with E-state index < -0.39 is 36.6 Å². The van der Waals surface area contributed by atoms with E-state index in [1.807, 2.05) is 164 Å². The second-order valence-electron chi connectivity index (χ2n) is 23.6. The summed E-state index contributed by atoms with van der Waals surface area (Å²) in [6, 6.07) is 73.6. The Morgan fingerprint density at radius 2 is 0.276 bits per heavy atom. The van der Waals surface area contributed by atoms with Gasteiger partial charge in [0.25, 0.3) is 0 Å². The van der Waals surface area contributed by atoms with Gasteiger partial charge in [-0.2, -0.15) is 0 Å². The Morgan fingerprint density at radius 1 is 0.149 bits per heavy atom. The number of rotatable bonds is 12. The number of aliphatic hydroxyl groups is 6. The van der Waals surface area contributed by atoms with Crippen LogP contribution >= 0.6 is 0 Å². The van der Waals surface area contributed by atoms with Crippen molar-refractivity contribution in [3.63, 3.8) is 0 Å². The third-order valence-corrected chi connectivity index (χ3v) is 18.2. The van der Waals surface area contributed by atoms with Gasteiger partial charge in [-0.3, -0.25) is 0 Å². The summed E-state index contributed by atoms with van der Waals surface area (Å²) in [4.78, 5) is 0. The lowest BCUT2D eigenvalue weighted by Gasteiger charge is -2.23. The highest BCUT2D eigenvalue weighted by molar-refractivity contribution is 6.25. The van der Waals surface area contributed by atoms with Crippen LogP contribution in [0, 0.1) is 0 Å². The molecule has 0 aliphatic heterocycles. The Morgan fingerprint density at radius 3 is 0.425 bits per heavy atom. The van der Waals surface area contributed by atoms with Crippen LogP contribution < -0.4 is 0 Å². The molecule has 16 aromatic rings. The molecule has 0 aromatic heterocycles. The monoisotopic (exact) mass is 1130 g/mol. The minimum atomic E-state index is -1.19. The van der Waals surface area contributed by atoms with Crippen LogP contribution in [-0.2, 0) is 0 Å². The van der Waals surface area contributed by atoms with Gasteiger partial charge in [-0.25, -0.2) is 0 Å². The number of aromatic hydroxyl groups is 3. The zero-order chi connectivity index (χ0) is 59.1. The minimum absolute atomic E-state index is 0.127. The summed E-state index contributed by atoms with van der Waals surface area (Å²) in [5.74, 6) is 0.381. The maximum Gasteiger partial charge on any atom is 0.115 e. The average Bonchev–Trinajstić information content (AvgIpc) is 0.861. The fraction of sp³-hybridized carbons (Fsp3) is 0.0769. The van der Waals surface area contributed by atoms with Crippen LogP contribution in [0.4, 0.5) is 0 Å². The van der Waals surface area contributed by atoms with Crippen LogP contribution in [-0.4, -0.2) is 46.0 Å². The van der Waals surface area contributed by atoms with Crippen molar-refractivity contribution in [2.24, 2.45) is 0 Å². The van der Waals surface area contributed by atoms with E-state index in [4.69, 9.17) is 0 Å². The normalized spacial score (nSPS) is 14.4. The van der Waals surface area contributed by atoms with E-state index in [0.717, 1.165) is 114 Å². The molecule has 6 unspecified atom stereocenters. The van der Waals surface area contributed by atoms with E-state index in [-0.39, 0.29) is 17.2 Å². The van der Waals surface area contributed by atoms with Crippen LogP contribution in [0.15, 0.2) is 237 Å². The van der Waals surface area contributed by atoms with Crippen molar-refractivity contribution in [2.75, 3.05) is 0 Å². The highest BCUT2D eigenvalue weighted by Crippen LogP contribution is 2.45. The van der Waals surface area contributed by atoms with Gasteiger partial charge < -0.3 is 46.0 Å². The molecule has 16 rings (SSSR count). The second kappa shape index (κ2) is 20.0. The quantitative estimate of drug-likeness (QED) is 0.0538. The molecule has 0 amide bonds. The van der Waals surface area contributed by atoms with Gasteiger partial charge in [-0.1, -0.05) is 109 Å². The van der Waals surface area contributed by atoms with Crippen molar-refractivity contribution in [1.82, 2.24) is 0 Å². The molecule has 0 radical (unpaired) electrons. The van der Waals surface area contributed by atoms with Crippen LogP contribution in [0.5, 0.6) is 17.2 Å². The van der Waals surface area contributed by atoms with E-state index >= 15 is 0 Å². The third kappa shape index (κ3) is 8.70. The summed E-state index contributed by atoms with van der Waals surface area (Å²) in [6.45, 7) is 0. The lowest BCUT2D eigenvalue weighted by molar-refractivity contribution is 0.207. The first-order valence-corrected chi connectivity index (χ1v) is 29.0. The molecular formula is C78H54O9. The van der Waals surface area contributed by atoms with Crippen LogP contribution in [0.2, 0.25) is 0 Å². The molecule has 0 bridgehead atoms. The zero-order valence-electron chi connectivity index (χ0n) is 46.5. The van der Waals surface area contributed by atoms with Crippen LogP contribution in [0.25, 0.3) is 97.0 Å². The molecule has 6 atom stereocenters. The first-order chi connectivity index (χ1) is 42.2. The standard InChI is InChI=1S/C78H54O9/c79-64-19-13-40(14-20-64)73(82)55-25-43-1-7-49-31-58(32-50-8-2-44(26-55)67(43)70(49)50)76(85)61-37-62(77(86)59-33-51-9-3-45-27-56(74(83)41-15-21-65(80)22-16-41)28-46-4-10-52(34-59)71(51)68(45)46)39-63(38-61)78(87)60-35-53-11-5-47-29-57(75(84)42-17-23-66(81)24-18-42)30-48-6-12-54(36-60)72(53)69(47)48/h1-39,73-87H. The number of hydrogen-bond donors (Lipinski definition) is 9. The number of hydrogen-bond acceptors (Lipinski definition) is 9. The molecule has 0 aliphatic rings. The molecule has 9 N–H and O–H groups in total. The van der Waals surface area contributed by atoms with Crippen molar-refractivity contribution >= 4 is 97.0 Å². The summed E-state index contributed by atoms with van der Waals surface area (Å²) in [7, 11) is 0. The Balaban J connectivity index is 0.791. The van der Waals surface area contributed by atoms with Gasteiger partial charge in [-0.15, -0.1) is 0 Å². The predicted octanol–water partition coefficient (Wildman–Crippen LogP) is 16.0. The van der Waals surface area contributed by atoms with E-state index in [1.54, 1.807) is 72.8 Å². The number of phenols is 3. The van der Waals surface area contributed by atoms with E-state index in [0.29, 0.717) is 50.1 Å². The van der Waals surface area contributed by atoms with Crippen LogP contribution in [0.3, 0.4) is 0 Å². The molecule has 16 aromatic carbocycles. The van der Waals surface area contributed by atoms with Gasteiger partial charge in [-0.05, 0) is 291 Å². The molecule has 0 saturated carbocycles. The summed E-state index contributed by atoms with van der Waals surface area (Å²) in [6.07, 6.45) is -6.28. The summed E-state index contributed by atoms with van der Waals surface area (Å²) in [5, 5.41) is 120. The molecule has 0 spiro atoms. The number of phenolic OH excluding ortho intramolecular Hbond substituents is 3. The highest BCUT2D eigenvalue weighted by atomic mass is 16.3. The molecule has 420 valence electrons. The molecule has 9 heteroatoms. The third-order valence-electron chi connectivity index (χ3n) is 18.2. The van der Waals surface area contributed by atoms with Crippen molar-refractivity contribution in [1.29, 1.82) is 0 Å². The maximum absolute atomic E-state index is 12.8. The SMILES string of the molecule is Oc1ccc(C(O)c2cc3ccc4cc(C(O)c5cc(C(O)c6cc7ccc8cc(C(O)c9ccc(O)cc9)cc9ccc(c6)c7c89)cc(C(O)c6cc7ccc8cc(C(O)c9ccc(O)cc9)cc9ccc(c6)c7c89)c5)cc5ccc(c2)c3c45)cc1. The average molecular weight is 1140 g/mol. The number of aliphatic hydroxyl groups excluding tert-OH is 6. The zero-order valence-corrected chi connectivity index (χ0v) is 46.5. The lowest BCUT2D eigenvalue weighted by Crippen LogP contribution is -2.09. The topological polar surface area (TPSA) is 182 Å². The Kier molecular flexibility index (Phi) is 12.0.